The van der Waals surface area contributed by atoms with Crippen molar-refractivity contribution in [2.45, 2.75) is 31.7 Å². The van der Waals surface area contributed by atoms with E-state index in [1.807, 2.05) is 36.4 Å². The number of carbonyl (C=O) groups excluding carboxylic acids is 1. The van der Waals surface area contributed by atoms with Crippen molar-refractivity contribution in [3.63, 3.8) is 0 Å². The number of methoxy groups -OCH3 is 2. The number of fused-ring (bicyclic) bond motifs is 1. The number of nitrogens with zero attached hydrogens (tertiary/aromatic N) is 2. The van der Waals surface area contributed by atoms with Gasteiger partial charge in [-0.2, -0.15) is 5.10 Å². The van der Waals surface area contributed by atoms with Gasteiger partial charge in [0.05, 0.1) is 31.5 Å². The van der Waals surface area contributed by atoms with Crippen molar-refractivity contribution in [2.75, 3.05) is 14.2 Å². The van der Waals surface area contributed by atoms with Crippen molar-refractivity contribution in [2.24, 2.45) is 5.10 Å². The third-order valence-corrected chi connectivity index (χ3v) is 7.30. The second-order valence-corrected chi connectivity index (χ2v) is 10.1. The number of H-pyrrole nitrogens is 1. The number of carboxylic acids is 1. The summed E-state index contributed by atoms with van der Waals surface area (Å²) in [6.45, 7) is 0. The van der Waals surface area contributed by atoms with Crippen LogP contribution in [0.4, 0.5) is 0 Å². The molecule has 1 aliphatic rings. The molecule has 5 rings (SSSR count). The van der Waals surface area contributed by atoms with E-state index in [0.717, 1.165) is 16.5 Å². The van der Waals surface area contributed by atoms with E-state index in [2.05, 4.69) is 4.98 Å². The third-order valence-electron chi connectivity index (χ3n) is 7.07. The minimum atomic E-state index is -0.978. The molecule has 0 saturated carbocycles. The largest absolute Gasteiger partial charge is 0.493 e. The number of aromatic amines is 1. The monoisotopic (exact) mass is 573 g/mol. The molecule has 3 aromatic carbocycles. The van der Waals surface area contributed by atoms with Crippen LogP contribution < -0.4 is 15.0 Å². The number of halogens is 1. The zero-order chi connectivity index (χ0) is 29.1. The normalized spacial score (nSPS) is 14.7. The number of carboxylic acid groups (broad SMARTS) is 1. The van der Waals surface area contributed by atoms with Crippen LogP contribution in [0.2, 0.25) is 5.02 Å². The van der Waals surface area contributed by atoms with Gasteiger partial charge < -0.3 is 19.6 Å². The molecule has 0 radical (unpaired) electrons. The number of aliphatic carboxylic acids is 1. The topological polar surface area (TPSA) is 121 Å². The molecular formula is C31H28ClN3O6. The fraction of sp³-hybridized carbons (Fsp3) is 0.226. The second kappa shape index (κ2) is 11.9. The van der Waals surface area contributed by atoms with E-state index < -0.39 is 12.0 Å². The lowest BCUT2D eigenvalue weighted by molar-refractivity contribution is -0.137. The summed E-state index contributed by atoms with van der Waals surface area (Å²) in [4.78, 5) is 41.1. The summed E-state index contributed by atoms with van der Waals surface area (Å²) in [6.07, 6.45) is 0.260. The number of pyridine rings is 1. The van der Waals surface area contributed by atoms with Crippen LogP contribution in [0, 0.1) is 0 Å². The highest BCUT2D eigenvalue weighted by atomic mass is 35.5. The molecule has 0 fully saturated rings. The minimum absolute atomic E-state index is 0.0118. The van der Waals surface area contributed by atoms with E-state index in [-0.39, 0.29) is 37.1 Å². The van der Waals surface area contributed by atoms with Gasteiger partial charge in [0, 0.05) is 40.8 Å². The Hall–Kier alpha value is -4.63. The number of hydrogen-bond donors (Lipinski definition) is 2. The summed E-state index contributed by atoms with van der Waals surface area (Å²) in [6, 6.07) is 19.6. The van der Waals surface area contributed by atoms with Gasteiger partial charge in [-0.15, -0.1) is 0 Å². The minimum Gasteiger partial charge on any atom is -0.493 e. The molecule has 210 valence electrons. The number of nitrogens with one attached hydrogen (secondary N) is 1. The predicted molar refractivity (Wildman–Crippen MR) is 157 cm³/mol. The maximum atomic E-state index is 13.7. The molecule has 1 aliphatic heterocycles. The molecule has 2 N–H and O–H groups in total. The van der Waals surface area contributed by atoms with Gasteiger partial charge in [0.2, 0.25) is 5.91 Å². The fourth-order valence-electron chi connectivity index (χ4n) is 5.16. The molecule has 0 unspecified atom stereocenters. The molecule has 10 heteroatoms. The number of benzene rings is 3. The molecule has 0 aliphatic carbocycles. The number of aromatic nitrogens is 1. The van der Waals surface area contributed by atoms with Crippen LogP contribution in [-0.2, 0) is 9.59 Å². The van der Waals surface area contributed by atoms with Crippen molar-refractivity contribution >= 4 is 40.1 Å². The van der Waals surface area contributed by atoms with E-state index in [9.17, 15) is 14.4 Å². The van der Waals surface area contributed by atoms with Crippen molar-refractivity contribution < 1.29 is 24.2 Å². The lowest BCUT2D eigenvalue weighted by atomic mass is 9.91. The summed E-state index contributed by atoms with van der Waals surface area (Å²) >= 11 is 6.38. The first-order chi connectivity index (χ1) is 19.8. The van der Waals surface area contributed by atoms with E-state index in [4.69, 9.17) is 31.3 Å². The zero-order valence-corrected chi connectivity index (χ0v) is 23.3. The average molecular weight is 574 g/mol. The molecule has 1 aromatic heterocycles. The maximum Gasteiger partial charge on any atom is 0.303 e. The summed E-state index contributed by atoms with van der Waals surface area (Å²) in [5.41, 5.74) is 3.25. The van der Waals surface area contributed by atoms with E-state index >= 15 is 0 Å². The summed E-state index contributed by atoms with van der Waals surface area (Å²) in [5, 5.41) is 16.4. The van der Waals surface area contributed by atoms with Crippen molar-refractivity contribution in [3.8, 4) is 22.6 Å². The molecule has 41 heavy (non-hydrogen) atoms. The van der Waals surface area contributed by atoms with Gasteiger partial charge in [-0.1, -0.05) is 48.0 Å². The van der Waals surface area contributed by atoms with Gasteiger partial charge in [0.1, 0.15) is 0 Å². The number of hydrazone groups is 1. The maximum absolute atomic E-state index is 13.7. The smallest absolute Gasteiger partial charge is 0.303 e. The van der Waals surface area contributed by atoms with Crippen molar-refractivity contribution in [3.05, 3.63) is 93.2 Å². The first kappa shape index (κ1) is 27.9. The first-order valence-electron chi connectivity index (χ1n) is 13.0. The van der Waals surface area contributed by atoms with Crippen molar-refractivity contribution in [1.82, 2.24) is 9.99 Å². The Morgan fingerprint density at radius 1 is 1.00 bits per heavy atom. The summed E-state index contributed by atoms with van der Waals surface area (Å²) in [5.74, 6) is -0.305. The van der Waals surface area contributed by atoms with Gasteiger partial charge in [-0.25, -0.2) is 5.01 Å². The zero-order valence-electron chi connectivity index (χ0n) is 22.5. The number of ether oxygens (including phenoxy) is 2. The van der Waals surface area contributed by atoms with Gasteiger partial charge in [-0.05, 0) is 47.9 Å². The van der Waals surface area contributed by atoms with Crippen LogP contribution in [0.25, 0.3) is 22.0 Å². The quantitative estimate of drug-likeness (QED) is 0.261. The highest BCUT2D eigenvalue weighted by molar-refractivity contribution is 6.31. The molecule has 9 nitrogen and oxygen atoms in total. The van der Waals surface area contributed by atoms with Gasteiger partial charge >= 0.3 is 5.97 Å². The highest BCUT2D eigenvalue weighted by Crippen LogP contribution is 2.40. The SMILES string of the molecule is COc1ccc([C@@H]2CC(c3c(-c4ccccc4)c4cc(Cl)ccc4[nH]c3=O)=NN2C(=O)CCCC(=O)O)cc1OC. The lowest BCUT2D eigenvalue weighted by Gasteiger charge is -2.23. The number of amides is 1. The van der Waals surface area contributed by atoms with Crippen LogP contribution in [0.15, 0.2) is 76.6 Å². The summed E-state index contributed by atoms with van der Waals surface area (Å²) < 4.78 is 10.9. The molecular weight excluding hydrogens is 546 g/mol. The van der Waals surface area contributed by atoms with Crippen LogP contribution in [0.3, 0.4) is 0 Å². The van der Waals surface area contributed by atoms with E-state index in [1.54, 1.807) is 30.3 Å². The third kappa shape index (κ3) is 5.67. The number of carbonyl (C=O) groups is 2. The highest BCUT2D eigenvalue weighted by Gasteiger charge is 2.35. The number of rotatable bonds is 9. The molecule has 0 saturated heterocycles. The molecule has 1 amide bonds. The average Bonchev–Trinajstić information content (AvgIpc) is 3.41. The van der Waals surface area contributed by atoms with Crippen LogP contribution in [0.1, 0.15) is 42.9 Å². The molecule has 2 heterocycles. The Morgan fingerprint density at radius 2 is 1.76 bits per heavy atom. The van der Waals surface area contributed by atoms with Crippen molar-refractivity contribution in [1.29, 1.82) is 0 Å². The first-order valence-corrected chi connectivity index (χ1v) is 13.4. The Balaban J connectivity index is 1.67. The van der Waals surface area contributed by atoms with Crippen LogP contribution in [-0.4, -0.2) is 46.9 Å². The van der Waals surface area contributed by atoms with E-state index in [0.29, 0.717) is 38.9 Å². The lowest BCUT2D eigenvalue weighted by Crippen LogP contribution is -2.27. The Morgan fingerprint density at radius 3 is 2.46 bits per heavy atom. The van der Waals surface area contributed by atoms with Gasteiger partial charge in [0.15, 0.2) is 11.5 Å². The number of hydrogen-bond acceptors (Lipinski definition) is 6. The van der Waals surface area contributed by atoms with E-state index in [1.165, 1.54) is 19.2 Å². The molecule has 0 bridgehead atoms. The summed E-state index contributed by atoms with van der Waals surface area (Å²) in [7, 11) is 3.06. The Labute approximate surface area is 241 Å². The second-order valence-electron chi connectivity index (χ2n) is 9.63. The van der Waals surface area contributed by atoms with Gasteiger partial charge in [-0.3, -0.25) is 14.4 Å². The predicted octanol–water partition coefficient (Wildman–Crippen LogP) is 5.80. The standard InChI is InChI=1S/C31H28ClN3O6/c1-40-25-14-11-19(15-26(25)41-2)24-17-23(34-35(24)27(36)9-6-10-28(37)38)30-29(18-7-4-3-5-8-18)21-16-20(32)12-13-22(21)33-31(30)39/h3-5,7-8,11-16,24H,6,9-10,17H2,1-2H3,(H,33,39)(H,37,38)/t24-/m0/s1. The Bertz CT molecular complexity index is 1720. The van der Waals surface area contributed by atoms with Crippen LogP contribution >= 0.6 is 11.6 Å². The molecule has 4 aromatic rings. The Kier molecular flexibility index (Phi) is 8.07. The van der Waals surface area contributed by atoms with Crippen LogP contribution in [0.5, 0.6) is 11.5 Å². The molecule has 0 spiro atoms. The molecule has 1 atom stereocenters. The van der Waals surface area contributed by atoms with Gasteiger partial charge in [0.25, 0.3) is 5.56 Å². The fourth-order valence-corrected chi connectivity index (χ4v) is 5.33.